The predicted octanol–water partition coefficient (Wildman–Crippen LogP) is 1.48. The highest BCUT2D eigenvalue weighted by Gasteiger charge is 2.26. The van der Waals surface area contributed by atoms with Crippen LogP contribution in [0.2, 0.25) is 0 Å². The number of esters is 3. The standard InChI is InChI=1S/C33H64N6O7/c1-31(2,3)44-28(41)24-37-17-15-36(23-27(40)35-14-12-10-11-13-34)16-18-38(25-29(42)45-32(4,5)6)20-22-39(21-19-37)26-30(43)46-33(7,8)9/h10-26,34H2,1-9H3,(H,35,40). The van der Waals surface area contributed by atoms with E-state index in [4.69, 9.17) is 19.9 Å². The van der Waals surface area contributed by atoms with Crippen LogP contribution in [0.25, 0.3) is 0 Å². The number of nitrogens with two attached hydrogens (primary N) is 1. The normalized spacial score (nSPS) is 17.4. The van der Waals surface area contributed by atoms with Crippen molar-refractivity contribution in [1.29, 1.82) is 0 Å². The van der Waals surface area contributed by atoms with Gasteiger partial charge in [0.05, 0.1) is 26.2 Å². The molecule has 268 valence electrons. The van der Waals surface area contributed by atoms with Gasteiger partial charge in [-0.25, -0.2) is 0 Å². The number of hydrogen-bond acceptors (Lipinski definition) is 12. The predicted molar refractivity (Wildman–Crippen MR) is 179 cm³/mol. The van der Waals surface area contributed by atoms with Gasteiger partial charge in [-0.15, -0.1) is 0 Å². The molecule has 1 fully saturated rings. The Morgan fingerprint density at radius 3 is 1.11 bits per heavy atom. The molecule has 1 amide bonds. The van der Waals surface area contributed by atoms with Crippen molar-refractivity contribution >= 4 is 23.8 Å². The Hall–Kier alpha value is -2.32. The van der Waals surface area contributed by atoms with Gasteiger partial charge in [0.15, 0.2) is 0 Å². The minimum absolute atomic E-state index is 0.0687. The fourth-order valence-corrected chi connectivity index (χ4v) is 4.81. The van der Waals surface area contributed by atoms with E-state index in [0.29, 0.717) is 65.4 Å². The van der Waals surface area contributed by atoms with Crippen molar-refractivity contribution in [3.8, 4) is 0 Å². The summed E-state index contributed by atoms with van der Waals surface area (Å²) in [5.74, 6) is -1.06. The summed E-state index contributed by atoms with van der Waals surface area (Å²) < 4.78 is 16.8. The molecule has 1 rings (SSSR count). The van der Waals surface area contributed by atoms with Gasteiger partial charge in [0.1, 0.15) is 16.8 Å². The van der Waals surface area contributed by atoms with E-state index in [0.717, 1.165) is 19.3 Å². The Kier molecular flexibility index (Phi) is 18.3. The minimum atomic E-state index is -0.616. The van der Waals surface area contributed by atoms with Crippen molar-refractivity contribution in [2.75, 3.05) is 91.6 Å². The summed E-state index contributed by atoms with van der Waals surface area (Å²) in [6.07, 6.45) is 2.76. The number of unbranched alkanes of at least 4 members (excludes halogenated alkanes) is 2. The number of carbonyl (C=O) groups excluding carboxylic acids is 4. The van der Waals surface area contributed by atoms with Crippen molar-refractivity contribution in [2.45, 2.75) is 98.4 Å². The number of carbonyl (C=O) groups is 4. The van der Waals surface area contributed by atoms with Gasteiger partial charge in [-0.3, -0.25) is 38.8 Å². The molecule has 0 aromatic carbocycles. The van der Waals surface area contributed by atoms with Gasteiger partial charge >= 0.3 is 17.9 Å². The molecule has 46 heavy (non-hydrogen) atoms. The van der Waals surface area contributed by atoms with Crippen LogP contribution in [-0.2, 0) is 33.4 Å². The summed E-state index contributed by atoms with van der Waals surface area (Å²) in [7, 11) is 0. The third-order valence-corrected chi connectivity index (χ3v) is 6.82. The van der Waals surface area contributed by atoms with E-state index >= 15 is 0 Å². The average molecular weight is 657 g/mol. The van der Waals surface area contributed by atoms with Gasteiger partial charge in [0.25, 0.3) is 0 Å². The Labute approximate surface area is 277 Å². The second-order valence-corrected chi connectivity index (χ2v) is 15.1. The first-order valence-electron chi connectivity index (χ1n) is 16.8. The van der Waals surface area contributed by atoms with Crippen LogP contribution in [0, 0.1) is 0 Å². The minimum Gasteiger partial charge on any atom is -0.459 e. The van der Waals surface area contributed by atoms with Crippen molar-refractivity contribution < 1.29 is 33.4 Å². The van der Waals surface area contributed by atoms with Crippen LogP contribution in [0.15, 0.2) is 0 Å². The Balaban J connectivity index is 3.16. The third-order valence-electron chi connectivity index (χ3n) is 6.82. The zero-order chi connectivity index (χ0) is 35.0. The molecule has 1 aliphatic heterocycles. The lowest BCUT2D eigenvalue weighted by Crippen LogP contribution is -2.50. The molecule has 1 saturated heterocycles. The zero-order valence-electron chi connectivity index (χ0n) is 30.2. The van der Waals surface area contributed by atoms with E-state index in [1.807, 2.05) is 77.0 Å². The summed E-state index contributed by atoms with van der Waals surface area (Å²) in [6.45, 7) is 22.2. The molecule has 0 aromatic rings. The summed E-state index contributed by atoms with van der Waals surface area (Å²) >= 11 is 0. The van der Waals surface area contributed by atoms with Gasteiger partial charge in [0.2, 0.25) is 5.91 Å². The maximum Gasteiger partial charge on any atom is 0.320 e. The van der Waals surface area contributed by atoms with E-state index in [1.54, 1.807) is 0 Å². The monoisotopic (exact) mass is 656 g/mol. The number of nitrogens with zero attached hydrogens (tertiary/aromatic N) is 4. The van der Waals surface area contributed by atoms with Gasteiger partial charge in [-0.1, -0.05) is 6.42 Å². The Morgan fingerprint density at radius 1 is 0.522 bits per heavy atom. The number of amides is 1. The molecule has 0 unspecified atom stereocenters. The van der Waals surface area contributed by atoms with Crippen LogP contribution in [0.5, 0.6) is 0 Å². The molecule has 0 aliphatic carbocycles. The highest BCUT2D eigenvalue weighted by Crippen LogP contribution is 2.11. The Bertz CT molecular complexity index is 896. The molecular weight excluding hydrogens is 592 g/mol. The first kappa shape index (κ1) is 41.7. The number of ether oxygens (including phenoxy) is 3. The van der Waals surface area contributed by atoms with E-state index < -0.39 is 16.8 Å². The second-order valence-electron chi connectivity index (χ2n) is 15.1. The second kappa shape index (κ2) is 20.1. The van der Waals surface area contributed by atoms with E-state index in [-0.39, 0.29) is 50.0 Å². The zero-order valence-corrected chi connectivity index (χ0v) is 30.2. The Morgan fingerprint density at radius 2 is 0.826 bits per heavy atom. The van der Waals surface area contributed by atoms with Gasteiger partial charge in [-0.05, 0) is 81.7 Å². The fraction of sp³-hybridized carbons (Fsp3) is 0.879. The number of rotatable bonds is 13. The SMILES string of the molecule is CC(C)(C)OC(=O)CN1CCN(CC(=O)NCCCCCN)CCN(CC(=O)OC(C)(C)C)CCN(CC(=O)OC(C)(C)C)CC1. The quantitative estimate of drug-likeness (QED) is 0.168. The van der Waals surface area contributed by atoms with Crippen LogP contribution in [0.4, 0.5) is 0 Å². The molecule has 0 radical (unpaired) electrons. The molecular formula is C33H64N6O7. The summed E-state index contributed by atoms with van der Waals surface area (Å²) in [5.41, 5.74) is 3.74. The van der Waals surface area contributed by atoms with E-state index in [9.17, 15) is 19.2 Å². The summed E-state index contributed by atoms with van der Waals surface area (Å²) in [4.78, 5) is 59.4. The lowest BCUT2D eigenvalue weighted by Gasteiger charge is -2.34. The molecule has 0 spiro atoms. The van der Waals surface area contributed by atoms with Gasteiger partial charge < -0.3 is 25.3 Å². The molecule has 13 heteroatoms. The molecule has 1 heterocycles. The van der Waals surface area contributed by atoms with Crippen molar-refractivity contribution in [1.82, 2.24) is 24.9 Å². The highest BCUT2D eigenvalue weighted by atomic mass is 16.6. The topological polar surface area (TPSA) is 147 Å². The number of nitrogens with one attached hydrogen (secondary N) is 1. The van der Waals surface area contributed by atoms with E-state index in [2.05, 4.69) is 10.2 Å². The summed E-state index contributed by atoms with van der Waals surface area (Å²) in [5, 5.41) is 3.01. The fourth-order valence-electron chi connectivity index (χ4n) is 4.81. The molecule has 0 saturated carbocycles. The van der Waals surface area contributed by atoms with Crippen LogP contribution < -0.4 is 11.1 Å². The number of hydrogen-bond donors (Lipinski definition) is 2. The molecule has 3 N–H and O–H groups in total. The maximum absolute atomic E-state index is 12.9. The molecule has 1 aliphatic rings. The first-order valence-corrected chi connectivity index (χ1v) is 16.8. The molecule has 0 aromatic heterocycles. The van der Waals surface area contributed by atoms with Crippen molar-refractivity contribution in [3.05, 3.63) is 0 Å². The molecule has 13 nitrogen and oxygen atoms in total. The highest BCUT2D eigenvalue weighted by molar-refractivity contribution is 5.78. The van der Waals surface area contributed by atoms with Gasteiger partial charge in [-0.2, -0.15) is 0 Å². The van der Waals surface area contributed by atoms with E-state index in [1.165, 1.54) is 0 Å². The third kappa shape index (κ3) is 22.2. The van der Waals surface area contributed by atoms with Crippen molar-refractivity contribution in [2.24, 2.45) is 5.73 Å². The first-order chi connectivity index (χ1) is 21.2. The van der Waals surface area contributed by atoms with Crippen LogP contribution in [0.1, 0.15) is 81.6 Å². The molecule has 0 bridgehead atoms. The lowest BCUT2D eigenvalue weighted by atomic mass is 10.2. The average Bonchev–Trinajstić information content (AvgIpc) is 2.86. The summed E-state index contributed by atoms with van der Waals surface area (Å²) in [6, 6.07) is 0. The van der Waals surface area contributed by atoms with Crippen LogP contribution in [-0.4, -0.2) is 152 Å². The van der Waals surface area contributed by atoms with Crippen molar-refractivity contribution in [3.63, 3.8) is 0 Å². The smallest absolute Gasteiger partial charge is 0.320 e. The lowest BCUT2D eigenvalue weighted by molar-refractivity contribution is -0.158. The molecule has 0 atom stereocenters. The van der Waals surface area contributed by atoms with Crippen LogP contribution >= 0.6 is 0 Å². The van der Waals surface area contributed by atoms with Crippen LogP contribution in [0.3, 0.4) is 0 Å². The maximum atomic E-state index is 12.9. The van der Waals surface area contributed by atoms with Gasteiger partial charge in [0, 0.05) is 58.9 Å². The largest absolute Gasteiger partial charge is 0.459 e.